The first-order chi connectivity index (χ1) is 16.1. The fourth-order valence-electron chi connectivity index (χ4n) is 3.90. The van der Waals surface area contributed by atoms with Crippen LogP contribution in [-0.4, -0.2) is 58.5 Å². The zero-order valence-electron chi connectivity index (χ0n) is 18.8. The van der Waals surface area contributed by atoms with Gasteiger partial charge in [-0.05, 0) is 68.4 Å². The van der Waals surface area contributed by atoms with E-state index in [1.165, 1.54) is 50.3 Å². The Morgan fingerprint density at radius 3 is 2.48 bits per heavy atom. The van der Waals surface area contributed by atoms with Gasteiger partial charge in [0.15, 0.2) is 16.8 Å². The van der Waals surface area contributed by atoms with Crippen molar-refractivity contribution in [2.24, 2.45) is 0 Å². The molecule has 9 heteroatoms. The van der Waals surface area contributed by atoms with Gasteiger partial charge in [0.2, 0.25) is 0 Å². The van der Waals surface area contributed by atoms with Gasteiger partial charge in [-0.15, -0.1) is 10.2 Å². The van der Waals surface area contributed by atoms with E-state index in [-0.39, 0.29) is 17.4 Å². The molecule has 2 aromatic carbocycles. The number of aromatic nitrogens is 3. The summed E-state index contributed by atoms with van der Waals surface area (Å²) in [5.41, 5.74) is 1.22. The van der Waals surface area contributed by atoms with Crippen molar-refractivity contribution in [1.82, 2.24) is 19.7 Å². The number of benzene rings is 2. The molecule has 4 rings (SSSR count). The van der Waals surface area contributed by atoms with Gasteiger partial charge in [-0.25, -0.2) is 4.39 Å². The molecule has 0 amide bonds. The summed E-state index contributed by atoms with van der Waals surface area (Å²) < 4.78 is 26.1. The summed E-state index contributed by atoms with van der Waals surface area (Å²) in [5, 5.41) is 9.38. The second-order valence-electron chi connectivity index (χ2n) is 7.83. The van der Waals surface area contributed by atoms with Crippen molar-refractivity contribution in [2.75, 3.05) is 33.1 Å². The fraction of sp³-hybridized carbons (Fsp3) is 0.375. The number of likely N-dealkylation sites (tertiary alicyclic amines) is 1. The molecule has 1 aliphatic heterocycles. The van der Waals surface area contributed by atoms with E-state index in [1.54, 1.807) is 37.4 Å². The van der Waals surface area contributed by atoms with Crippen LogP contribution in [0.3, 0.4) is 0 Å². The van der Waals surface area contributed by atoms with E-state index >= 15 is 0 Å². The minimum atomic E-state index is -0.307. The van der Waals surface area contributed by atoms with Crippen molar-refractivity contribution in [2.45, 2.75) is 31.0 Å². The van der Waals surface area contributed by atoms with E-state index in [4.69, 9.17) is 9.47 Å². The quantitative estimate of drug-likeness (QED) is 0.339. The number of piperidine rings is 1. The van der Waals surface area contributed by atoms with Gasteiger partial charge < -0.3 is 9.47 Å². The predicted molar refractivity (Wildman–Crippen MR) is 125 cm³/mol. The summed E-state index contributed by atoms with van der Waals surface area (Å²) >= 11 is 1.30. The number of nitrogens with zero attached hydrogens (tertiary/aromatic N) is 4. The van der Waals surface area contributed by atoms with Crippen molar-refractivity contribution in [3.05, 3.63) is 59.7 Å². The van der Waals surface area contributed by atoms with Crippen LogP contribution in [0, 0.1) is 5.82 Å². The molecule has 0 atom stereocenters. The summed E-state index contributed by atoms with van der Waals surface area (Å²) in [6.45, 7) is 2.70. The SMILES string of the molecule is COc1ccc(OC)c(C(=O)CSc2nnc(CN3CCCCC3)n2-c2ccc(F)cc2)c1. The molecule has 0 spiro atoms. The molecule has 33 heavy (non-hydrogen) atoms. The minimum Gasteiger partial charge on any atom is -0.497 e. The van der Waals surface area contributed by atoms with Crippen LogP contribution < -0.4 is 9.47 Å². The number of ketones is 1. The Hall–Kier alpha value is -2.91. The van der Waals surface area contributed by atoms with Gasteiger partial charge in [0.25, 0.3) is 0 Å². The average molecular weight is 471 g/mol. The number of carbonyl (C=O) groups excluding carboxylic acids is 1. The zero-order chi connectivity index (χ0) is 23.2. The molecular formula is C24H27FN4O3S. The van der Waals surface area contributed by atoms with E-state index in [0.717, 1.165) is 24.6 Å². The zero-order valence-corrected chi connectivity index (χ0v) is 19.6. The van der Waals surface area contributed by atoms with Crippen LogP contribution in [0.1, 0.15) is 35.4 Å². The van der Waals surface area contributed by atoms with Crippen LogP contribution in [0.2, 0.25) is 0 Å². The van der Waals surface area contributed by atoms with Crippen molar-refractivity contribution >= 4 is 17.5 Å². The maximum atomic E-state index is 13.6. The minimum absolute atomic E-state index is 0.109. The fourth-order valence-corrected chi connectivity index (χ4v) is 4.76. The van der Waals surface area contributed by atoms with E-state index in [2.05, 4.69) is 15.1 Å². The molecule has 2 heterocycles. The Kier molecular flexibility index (Phi) is 7.61. The number of rotatable bonds is 9. The first-order valence-corrected chi connectivity index (χ1v) is 11.9. The lowest BCUT2D eigenvalue weighted by atomic mass is 10.1. The van der Waals surface area contributed by atoms with Gasteiger partial charge in [0, 0.05) is 5.69 Å². The first kappa shape index (κ1) is 23.3. The molecule has 0 radical (unpaired) electrons. The maximum absolute atomic E-state index is 13.6. The van der Waals surface area contributed by atoms with E-state index in [9.17, 15) is 9.18 Å². The molecular weight excluding hydrogens is 443 g/mol. The summed E-state index contributed by atoms with van der Waals surface area (Å²) in [6.07, 6.45) is 3.59. The van der Waals surface area contributed by atoms with Crippen LogP contribution in [0.25, 0.3) is 5.69 Å². The number of hydrogen-bond acceptors (Lipinski definition) is 7. The van der Waals surface area contributed by atoms with Crippen LogP contribution >= 0.6 is 11.8 Å². The Bertz CT molecular complexity index is 1100. The molecule has 0 N–H and O–H groups in total. The highest BCUT2D eigenvalue weighted by atomic mass is 32.2. The molecule has 3 aromatic rings. The number of hydrogen-bond donors (Lipinski definition) is 0. The van der Waals surface area contributed by atoms with E-state index in [0.29, 0.717) is 28.8 Å². The van der Waals surface area contributed by atoms with Crippen LogP contribution in [0.15, 0.2) is 47.6 Å². The molecule has 174 valence electrons. The monoisotopic (exact) mass is 470 g/mol. The molecule has 0 saturated carbocycles. The lowest BCUT2D eigenvalue weighted by Crippen LogP contribution is -2.30. The number of ether oxygens (including phenoxy) is 2. The predicted octanol–water partition coefficient (Wildman–Crippen LogP) is 4.38. The van der Waals surface area contributed by atoms with Crippen LogP contribution in [0.4, 0.5) is 4.39 Å². The lowest BCUT2D eigenvalue weighted by molar-refractivity contribution is 0.101. The number of Topliss-reactive ketones (excluding diaryl/α,β-unsaturated/α-hetero) is 1. The first-order valence-electron chi connectivity index (χ1n) is 10.9. The summed E-state index contributed by atoms with van der Waals surface area (Å²) in [7, 11) is 3.09. The normalized spacial score (nSPS) is 14.3. The van der Waals surface area contributed by atoms with Gasteiger partial charge in [-0.3, -0.25) is 14.3 Å². The number of methoxy groups -OCH3 is 2. The van der Waals surface area contributed by atoms with Gasteiger partial charge in [0.05, 0.1) is 32.1 Å². The smallest absolute Gasteiger partial charge is 0.196 e. The Balaban J connectivity index is 1.58. The van der Waals surface area contributed by atoms with E-state index < -0.39 is 0 Å². The molecule has 1 fully saturated rings. The van der Waals surface area contributed by atoms with Crippen LogP contribution in [0.5, 0.6) is 11.5 Å². The highest BCUT2D eigenvalue weighted by molar-refractivity contribution is 7.99. The third-order valence-corrected chi connectivity index (χ3v) is 6.57. The standard InChI is InChI=1S/C24H27FN4O3S/c1-31-19-10-11-22(32-2)20(14-19)21(30)16-33-24-27-26-23(15-28-12-4-3-5-13-28)29(24)18-8-6-17(25)7-9-18/h6-11,14H,3-5,12-13,15-16H2,1-2H3. The molecule has 0 aliphatic carbocycles. The third kappa shape index (κ3) is 5.54. The molecule has 0 unspecified atom stereocenters. The Morgan fingerprint density at radius 2 is 1.79 bits per heavy atom. The van der Waals surface area contributed by atoms with Gasteiger partial charge >= 0.3 is 0 Å². The Morgan fingerprint density at radius 1 is 1.03 bits per heavy atom. The molecule has 0 bridgehead atoms. The maximum Gasteiger partial charge on any atom is 0.196 e. The molecule has 1 aromatic heterocycles. The number of thioether (sulfide) groups is 1. The average Bonchev–Trinajstić information content (AvgIpc) is 3.25. The summed E-state index contributed by atoms with van der Waals surface area (Å²) in [6, 6.07) is 11.4. The topological polar surface area (TPSA) is 69.5 Å². The lowest BCUT2D eigenvalue weighted by Gasteiger charge is -2.26. The van der Waals surface area contributed by atoms with Crippen molar-refractivity contribution < 1.29 is 18.7 Å². The summed E-state index contributed by atoms with van der Waals surface area (Å²) in [4.78, 5) is 15.4. The largest absolute Gasteiger partial charge is 0.497 e. The highest BCUT2D eigenvalue weighted by Gasteiger charge is 2.21. The Labute approximate surface area is 196 Å². The van der Waals surface area contributed by atoms with Gasteiger partial charge in [0.1, 0.15) is 17.3 Å². The number of halogens is 1. The van der Waals surface area contributed by atoms with Crippen molar-refractivity contribution in [3.63, 3.8) is 0 Å². The number of carbonyl (C=O) groups is 1. The van der Waals surface area contributed by atoms with Gasteiger partial charge in [-0.2, -0.15) is 0 Å². The van der Waals surface area contributed by atoms with Crippen LogP contribution in [-0.2, 0) is 6.54 Å². The molecule has 7 nitrogen and oxygen atoms in total. The molecule has 1 aliphatic rings. The second-order valence-corrected chi connectivity index (χ2v) is 8.77. The summed E-state index contributed by atoms with van der Waals surface area (Å²) in [5.74, 6) is 1.58. The van der Waals surface area contributed by atoms with E-state index in [1.807, 2.05) is 4.57 Å². The second kappa shape index (κ2) is 10.8. The van der Waals surface area contributed by atoms with Gasteiger partial charge in [-0.1, -0.05) is 18.2 Å². The van der Waals surface area contributed by atoms with Crippen molar-refractivity contribution in [1.29, 1.82) is 0 Å². The molecule has 1 saturated heterocycles. The third-order valence-electron chi connectivity index (χ3n) is 5.64. The highest BCUT2D eigenvalue weighted by Crippen LogP contribution is 2.28. The van der Waals surface area contributed by atoms with Crippen molar-refractivity contribution in [3.8, 4) is 17.2 Å².